The molecule has 0 spiro atoms. The first kappa shape index (κ1) is 20.5. The number of aromatic nitrogens is 1. The van der Waals surface area contributed by atoms with Crippen LogP contribution in [0.25, 0.3) is 0 Å². The van der Waals surface area contributed by atoms with Crippen LogP contribution in [0.2, 0.25) is 0 Å². The van der Waals surface area contributed by atoms with Crippen molar-refractivity contribution in [2.75, 3.05) is 31.1 Å². The number of hydrogen-bond donors (Lipinski definition) is 1. The monoisotopic (exact) mass is 424 g/mol. The van der Waals surface area contributed by atoms with E-state index in [4.69, 9.17) is 0 Å². The molecule has 156 valence electrons. The number of carbonyl (C=O) groups excluding carboxylic acids is 1. The molecule has 2 aromatic carbocycles. The Labute approximate surface area is 180 Å². The fraction of sp³-hybridized carbons (Fsp3) is 0.304. The average Bonchev–Trinajstić information content (AvgIpc) is 3.24. The predicted molar refractivity (Wildman–Crippen MR) is 118 cm³/mol. The van der Waals surface area contributed by atoms with E-state index in [-0.39, 0.29) is 17.8 Å². The van der Waals surface area contributed by atoms with Crippen LogP contribution < -0.4 is 10.2 Å². The van der Waals surface area contributed by atoms with Crippen LogP contribution in [0.5, 0.6) is 0 Å². The fourth-order valence-electron chi connectivity index (χ4n) is 3.59. The van der Waals surface area contributed by atoms with E-state index in [0.717, 1.165) is 49.0 Å². The summed E-state index contributed by atoms with van der Waals surface area (Å²) in [7, 11) is 0. The number of anilines is 1. The number of rotatable bonds is 6. The molecular weight excluding hydrogens is 399 g/mol. The number of carbonyl (C=O) groups is 1. The van der Waals surface area contributed by atoms with Gasteiger partial charge in [-0.15, -0.1) is 11.3 Å². The molecule has 1 amide bonds. The molecule has 1 aliphatic heterocycles. The van der Waals surface area contributed by atoms with E-state index < -0.39 is 0 Å². The molecule has 1 fully saturated rings. The van der Waals surface area contributed by atoms with Crippen LogP contribution in [0.4, 0.5) is 10.1 Å². The number of thiazole rings is 1. The molecule has 0 aliphatic carbocycles. The van der Waals surface area contributed by atoms with Crippen LogP contribution in [0.15, 0.2) is 60.0 Å². The topological polar surface area (TPSA) is 48.5 Å². The van der Waals surface area contributed by atoms with Gasteiger partial charge in [-0.3, -0.25) is 9.69 Å². The van der Waals surface area contributed by atoms with Crippen LogP contribution in [0.1, 0.15) is 34.0 Å². The van der Waals surface area contributed by atoms with Gasteiger partial charge in [-0.05, 0) is 36.8 Å². The number of amides is 1. The van der Waals surface area contributed by atoms with E-state index in [1.165, 1.54) is 23.5 Å². The van der Waals surface area contributed by atoms with Crippen molar-refractivity contribution in [3.8, 4) is 0 Å². The largest absolute Gasteiger partial charge is 0.369 e. The van der Waals surface area contributed by atoms with Gasteiger partial charge in [0.1, 0.15) is 16.5 Å². The van der Waals surface area contributed by atoms with Crippen LogP contribution in [-0.2, 0) is 6.54 Å². The zero-order valence-electron chi connectivity index (χ0n) is 16.9. The lowest BCUT2D eigenvalue weighted by Gasteiger charge is -2.35. The summed E-state index contributed by atoms with van der Waals surface area (Å²) in [6.45, 7) is 6.30. The standard InChI is InChI=1S/C23H25FN4OS/c1-17(18-5-3-2-4-6-18)25-23(29)21-16-30-22(26-21)15-27-11-13-28(14-12-27)20-9-7-19(24)8-10-20/h2-10,16-17H,11-15H2,1H3,(H,25,29). The Bertz CT molecular complexity index is 968. The lowest BCUT2D eigenvalue weighted by molar-refractivity contribution is 0.0935. The second-order valence-corrected chi connectivity index (χ2v) is 8.41. The van der Waals surface area contributed by atoms with Gasteiger partial charge in [0.05, 0.1) is 12.6 Å². The third-order valence-corrected chi connectivity index (χ3v) is 6.19. The first-order chi connectivity index (χ1) is 14.6. The Hall–Kier alpha value is -2.77. The molecule has 1 atom stereocenters. The van der Waals surface area contributed by atoms with Crippen LogP contribution in [-0.4, -0.2) is 42.0 Å². The quantitative estimate of drug-likeness (QED) is 0.647. The summed E-state index contributed by atoms with van der Waals surface area (Å²) in [4.78, 5) is 21.7. The number of benzene rings is 2. The summed E-state index contributed by atoms with van der Waals surface area (Å²) >= 11 is 1.52. The molecule has 0 radical (unpaired) electrons. The van der Waals surface area contributed by atoms with Crippen LogP contribution in [0, 0.1) is 5.82 Å². The third-order valence-electron chi connectivity index (χ3n) is 5.35. The minimum absolute atomic E-state index is 0.0663. The Balaban J connectivity index is 1.28. The van der Waals surface area contributed by atoms with Crippen molar-refractivity contribution in [1.29, 1.82) is 0 Å². The van der Waals surface area contributed by atoms with Crippen molar-refractivity contribution in [1.82, 2.24) is 15.2 Å². The maximum atomic E-state index is 13.1. The molecule has 1 saturated heterocycles. The van der Waals surface area contributed by atoms with E-state index in [9.17, 15) is 9.18 Å². The SMILES string of the molecule is CC(NC(=O)c1csc(CN2CCN(c3ccc(F)cc3)CC2)n1)c1ccccc1. The summed E-state index contributed by atoms with van der Waals surface area (Å²) in [5.41, 5.74) is 2.60. The van der Waals surface area contributed by atoms with Gasteiger partial charge in [0, 0.05) is 37.2 Å². The molecule has 0 saturated carbocycles. The van der Waals surface area contributed by atoms with E-state index >= 15 is 0 Å². The Morgan fingerprint density at radius 3 is 2.50 bits per heavy atom. The lowest BCUT2D eigenvalue weighted by Crippen LogP contribution is -2.45. The highest BCUT2D eigenvalue weighted by Gasteiger charge is 2.20. The highest BCUT2D eigenvalue weighted by molar-refractivity contribution is 7.09. The summed E-state index contributed by atoms with van der Waals surface area (Å²) < 4.78 is 13.1. The number of nitrogens with one attached hydrogen (secondary N) is 1. The number of halogens is 1. The van der Waals surface area contributed by atoms with Crippen molar-refractivity contribution in [2.45, 2.75) is 19.5 Å². The Morgan fingerprint density at radius 2 is 1.80 bits per heavy atom. The van der Waals surface area contributed by atoms with Crippen molar-refractivity contribution < 1.29 is 9.18 Å². The highest BCUT2D eigenvalue weighted by Crippen LogP contribution is 2.19. The van der Waals surface area contributed by atoms with Crippen LogP contribution >= 0.6 is 11.3 Å². The van der Waals surface area contributed by atoms with Crippen molar-refractivity contribution in [3.63, 3.8) is 0 Å². The predicted octanol–water partition coefficient (Wildman–Crippen LogP) is 4.10. The molecule has 1 aromatic heterocycles. The number of piperazine rings is 1. The van der Waals surface area contributed by atoms with E-state index in [1.807, 2.05) is 54.8 Å². The van der Waals surface area contributed by atoms with Crippen molar-refractivity contribution in [2.24, 2.45) is 0 Å². The number of nitrogens with zero attached hydrogens (tertiary/aromatic N) is 3. The summed E-state index contributed by atoms with van der Waals surface area (Å²) in [5, 5.41) is 5.79. The maximum absolute atomic E-state index is 13.1. The summed E-state index contributed by atoms with van der Waals surface area (Å²) in [6.07, 6.45) is 0. The van der Waals surface area contributed by atoms with Gasteiger partial charge in [-0.25, -0.2) is 9.37 Å². The van der Waals surface area contributed by atoms with Gasteiger partial charge < -0.3 is 10.2 Å². The van der Waals surface area contributed by atoms with Gasteiger partial charge in [-0.1, -0.05) is 30.3 Å². The van der Waals surface area contributed by atoms with Gasteiger partial charge >= 0.3 is 0 Å². The molecule has 30 heavy (non-hydrogen) atoms. The molecule has 4 rings (SSSR count). The summed E-state index contributed by atoms with van der Waals surface area (Å²) in [5.74, 6) is -0.353. The minimum Gasteiger partial charge on any atom is -0.369 e. The second-order valence-electron chi connectivity index (χ2n) is 7.47. The zero-order chi connectivity index (χ0) is 20.9. The van der Waals surface area contributed by atoms with Crippen molar-refractivity contribution in [3.05, 3.63) is 82.1 Å². The second kappa shape index (κ2) is 9.36. The smallest absolute Gasteiger partial charge is 0.271 e. The normalized spacial score (nSPS) is 15.7. The average molecular weight is 425 g/mol. The first-order valence-corrected chi connectivity index (χ1v) is 11.0. The van der Waals surface area contributed by atoms with Gasteiger partial charge in [-0.2, -0.15) is 0 Å². The fourth-order valence-corrected chi connectivity index (χ4v) is 4.41. The van der Waals surface area contributed by atoms with E-state index in [1.54, 1.807) is 0 Å². The van der Waals surface area contributed by atoms with Gasteiger partial charge in [0.25, 0.3) is 5.91 Å². The molecule has 1 unspecified atom stereocenters. The molecule has 5 nitrogen and oxygen atoms in total. The Kier molecular flexibility index (Phi) is 6.40. The van der Waals surface area contributed by atoms with Crippen LogP contribution in [0.3, 0.4) is 0 Å². The maximum Gasteiger partial charge on any atom is 0.271 e. The van der Waals surface area contributed by atoms with E-state index in [0.29, 0.717) is 5.69 Å². The zero-order valence-corrected chi connectivity index (χ0v) is 17.7. The Morgan fingerprint density at radius 1 is 1.10 bits per heavy atom. The first-order valence-electron chi connectivity index (χ1n) is 10.1. The molecule has 1 N–H and O–H groups in total. The third kappa shape index (κ3) is 5.04. The van der Waals surface area contributed by atoms with Crippen molar-refractivity contribution >= 4 is 22.9 Å². The number of hydrogen-bond acceptors (Lipinski definition) is 5. The molecule has 3 aromatic rings. The molecule has 2 heterocycles. The molecule has 7 heteroatoms. The van der Waals surface area contributed by atoms with E-state index in [2.05, 4.69) is 20.1 Å². The highest BCUT2D eigenvalue weighted by atomic mass is 32.1. The molecular formula is C23H25FN4OS. The molecule has 1 aliphatic rings. The van der Waals surface area contributed by atoms with Gasteiger partial charge in [0.2, 0.25) is 0 Å². The lowest BCUT2D eigenvalue weighted by atomic mass is 10.1. The summed E-state index contributed by atoms with van der Waals surface area (Å²) in [6, 6.07) is 16.5. The minimum atomic E-state index is -0.209. The molecule has 0 bridgehead atoms. The van der Waals surface area contributed by atoms with Gasteiger partial charge in [0.15, 0.2) is 0 Å².